The molecule has 4 fully saturated rings. The second-order valence-corrected chi connectivity index (χ2v) is 13.9. The topological polar surface area (TPSA) is 57.6 Å². The molecule has 7 heteroatoms. The van der Waals surface area contributed by atoms with Gasteiger partial charge in [0.2, 0.25) is 0 Å². The first-order chi connectivity index (χ1) is 18.0. The molecule has 4 nitrogen and oxygen atoms in total. The molecule has 3 saturated carbocycles. The van der Waals surface area contributed by atoms with E-state index in [9.17, 15) is 19.1 Å². The molecule has 4 aliphatic carbocycles. The lowest BCUT2D eigenvalue weighted by atomic mass is 9.39. The number of hydrogen-bond acceptors (Lipinski definition) is 5. The van der Waals surface area contributed by atoms with E-state index in [1.165, 1.54) is 6.08 Å². The van der Waals surface area contributed by atoms with Gasteiger partial charge < -0.3 is 5.11 Å². The summed E-state index contributed by atoms with van der Waals surface area (Å²) in [6, 6.07) is 9.34. The van der Waals surface area contributed by atoms with Gasteiger partial charge in [-0.25, -0.2) is 8.78 Å². The largest absolute Gasteiger partial charge is 0.390 e. The molecule has 1 aliphatic heterocycles. The Kier molecular flexibility index (Phi) is 5.96. The lowest BCUT2D eigenvalue weighted by Crippen LogP contribution is -2.71. The van der Waals surface area contributed by atoms with Crippen molar-refractivity contribution in [3.05, 3.63) is 59.7 Å². The fraction of sp³-hybridized carbons (Fsp3) is 0.613. The molecule has 204 valence electrons. The van der Waals surface area contributed by atoms with Gasteiger partial charge in [0.15, 0.2) is 16.6 Å². The van der Waals surface area contributed by atoms with Crippen LogP contribution in [0, 0.1) is 33.5 Å². The Labute approximate surface area is 227 Å². The van der Waals surface area contributed by atoms with E-state index in [0.717, 1.165) is 22.9 Å². The zero-order valence-electron chi connectivity index (χ0n) is 22.4. The number of likely N-dealkylation sites (tertiary alicyclic amines) is 1. The van der Waals surface area contributed by atoms with Gasteiger partial charge in [-0.1, -0.05) is 67.6 Å². The number of benzene rings is 1. The summed E-state index contributed by atoms with van der Waals surface area (Å²) in [6.45, 7) is 7.90. The van der Waals surface area contributed by atoms with Crippen LogP contribution in [0.3, 0.4) is 0 Å². The van der Waals surface area contributed by atoms with Crippen LogP contribution in [0.2, 0.25) is 0 Å². The molecule has 0 spiro atoms. The Morgan fingerprint density at radius 3 is 2.63 bits per heavy atom. The summed E-state index contributed by atoms with van der Waals surface area (Å²) < 4.78 is 31.4. The fourth-order valence-electron chi connectivity index (χ4n) is 9.86. The van der Waals surface area contributed by atoms with Gasteiger partial charge in [-0.15, -0.1) is 0 Å². The molecule has 0 radical (unpaired) electrons. The molecule has 1 aromatic rings. The maximum Gasteiger partial charge on any atom is 0.199 e. The van der Waals surface area contributed by atoms with E-state index in [2.05, 4.69) is 30.9 Å². The van der Waals surface area contributed by atoms with Crippen molar-refractivity contribution in [3.63, 3.8) is 0 Å². The average molecular weight is 542 g/mol. The molecule has 1 aromatic carbocycles. The molecular weight excluding hydrogens is 504 g/mol. The number of hydrogen-bond donors (Lipinski definition) is 1. The third-order valence-corrected chi connectivity index (χ3v) is 12.5. The van der Waals surface area contributed by atoms with Crippen LogP contribution < -0.4 is 0 Å². The van der Waals surface area contributed by atoms with Crippen molar-refractivity contribution < 1.29 is 23.5 Å². The third-order valence-electron chi connectivity index (χ3n) is 11.8. The van der Waals surface area contributed by atoms with Crippen LogP contribution in [0.1, 0.15) is 52.0 Å². The second kappa shape index (κ2) is 8.58. The van der Waals surface area contributed by atoms with Gasteiger partial charge in [0.1, 0.15) is 6.01 Å². The van der Waals surface area contributed by atoms with Gasteiger partial charge in [-0.05, 0) is 67.1 Å². The number of carbonyl (C=O) groups excluding carboxylic acids is 2. The van der Waals surface area contributed by atoms with Crippen molar-refractivity contribution in [1.82, 2.24) is 4.90 Å². The molecule has 1 heterocycles. The molecule has 0 amide bonds. The van der Waals surface area contributed by atoms with Gasteiger partial charge in [0, 0.05) is 31.0 Å². The Bertz CT molecular complexity index is 1240. The van der Waals surface area contributed by atoms with Crippen molar-refractivity contribution in [2.45, 2.75) is 64.8 Å². The summed E-state index contributed by atoms with van der Waals surface area (Å²) >= 11 is 0.739. The molecule has 8 unspecified atom stereocenters. The van der Waals surface area contributed by atoms with Crippen LogP contribution in [0.15, 0.2) is 54.1 Å². The summed E-state index contributed by atoms with van der Waals surface area (Å²) in [5.74, 6) is -0.671. The highest BCUT2D eigenvalue weighted by Gasteiger charge is 2.81. The number of rotatable bonds is 4. The normalized spacial score (nSPS) is 45.7. The minimum atomic E-state index is -1.96. The number of halogens is 2. The van der Waals surface area contributed by atoms with E-state index in [-0.39, 0.29) is 23.2 Å². The monoisotopic (exact) mass is 541 g/mol. The van der Waals surface area contributed by atoms with Crippen molar-refractivity contribution in [3.8, 4) is 0 Å². The van der Waals surface area contributed by atoms with E-state index < -0.39 is 45.4 Å². The smallest absolute Gasteiger partial charge is 0.199 e. The number of ketones is 1. The number of allylic oxidation sites excluding steroid dienone is 4. The summed E-state index contributed by atoms with van der Waals surface area (Å²) in [6.07, 6.45) is 5.25. The second-order valence-electron chi connectivity index (χ2n) is 13.0. The molecule has 8 atom stereocenters. The highest BCUT2D eigenvalue weighted by atomic mass is 32.2. The van der Waals surface area contributed by atoms with E-state index in [1.807, 2.05) is 25.1 Å². The van der Waals surface area contributed by atoms with Crippen LogP contribution in [0.5, 0.6) is 0 Å². The first kappa shape index (κ1) is 26.4. The van der Waals surface area contributed by atoms with E-state index in [4.69, 9.17) is 0 Å². The summed E-state index contributed by atoms with van der Waals surface area (Å²) in [4.78, 5) is 28.4. The molecule has 1 N–H and O–H groups in total. The van der Waals surface area contributed by atoms with Gasteiger partial charge >= 0.3 is 0 Å². The molecule has 6 rings (SSSR count). The van der Waals surface area contributed by atoms with E-state index in [1.54, 1.807) is 12.2 Å². The van der Waals surface area contributed by atoms with Crippen molar-refractivity contribution in [2.75, 3.05) is 19.1 Å². The average Bonchev–Trinajstić information content (AvgIpc) is 3.31. The van der Waals surface area contributed by atoms with Crippen LogP contribution in [0.4, 0.5) is 8.78 Å². The van der Waals surface area contributed by atoms with Gasteiger partial charge in [0.05, 0.1) is 11.5 Å². The number of fused-ring (bicyclic) bond motifs is 7. The first-order valence-corrected chi connectivity index (χ1v) is 14.8. The number of aliphatic hydroxyl groups is 1. The molecule has 1 saturated heterocycles. The minimum Gasteiger partial charge on any atom is -0.390 e. The lowest BCUT2D eigenvalue weighted by molar-refractivity contribution is -0.235. The molecule has 5 aliphatic rings. The predicted octanol–water partition coefficient (Wildman–Crippen LogP) is 5.66. The molecule has 0 bridgehead atoms. The number of alkyl halides is 2. The maximum atomic E-state index is 17.7. The zero-order valence-corrected chi connectivity index (χ0v) is 23.2. The summed E-state index contributed by atoms with van der Waals surface area (Å²) in [7, 11) is 0. The van der Waals surface area contributed by atoms with Crippen molar-refractivity contribution in [1.29, 1.82) is 0 Å². The third kappa shape index (κ3) is 3.10. The van der Waals surface area contributed by atoms with Crippen LogP contribution in [0.25, 0.3) is 0 Å². The van der Waals surface area contributed by atoms with Gasteiger partial charge in [-0.3, -0.25) is 14.5 Å². The highest BCUT2D eigenvalue weighted by Crippen LogP contribution is 2.79. The highest BCUT2D eigenvalue weighted by molar-refractivity contribution is 8.13. The molecule has 38 heavy (non-hydrogen) atoms. The fourth-order valence-corrected chi connectivity index (χ4v) is 10.7. The Morgan fingerprint density at radius 2 is 1.92 bits per heavy atom. The number of thioether (sulfide) groups is 1. The van der Waals surface area contributed by atoms with E-state index >= 15 is 4.39 Å². The van der Waals surface area contributed by atoms with Crippen LogP contribution in [-0.2, 0) is 16.1 Å². The molecular formula is C31H37F2NO3S. The summed E-state index contributed by atoms with van der Waals surface area (Å²) in [5, 5.41) is 11.6. The SMILES string of the molecule is CC12C=CC(=O)C=C1CCC1C3(C)CC4CN(Cc5ccccc5)CC4(C(=O)SCF)C3(C)CC(O)C12F. The predicted molar refractivity (Wildman–Crippen MR) is 145 cm³/mol. The van der Waals surface area contributed by atoms with E-state index in [0.29, 0.717) is 38.9 Å². The van der Waals surface area contributed by atoms with Crippen molar-refractivity contribution in [2.24, 2.45) is 33.5 Å². The standard InChI is InChI=1S/C31H37F2NO3S/c1-27-12-11-23(35)13-21(27)9-10-24-28(2)14-22-17-34(16-20-7-5-4-6-8-20)18-30(22,26(37)38-19-32)29(28,3)15-25(36)31(24,27)33/h4-8,11-13,22,24-25,36H,9-10,14-19H2,1-3H3. The zero-order chi connectivity index (χ0) is 27.1. The van der Waals surface area contributed by atoms with Crippen molar-refractivity contribution >= 4 is 22.7 Å². The summed E-state index contributed by atoms with van der Waals surface area (Å²) in [5.41, 5.74) is -3.27. The number of nitrogens with zero attached hydrogens (tertiary/aromatic N) is 1. The van der Waals surface area contributed by atoms with Crippen LogP contribution in [-0.4, -0.2) is 51.8 Å². The Balaban J connectivity index is 1.43. The Hall–Kier alpha value is -1.83. The Morgan fingerprint density at radius 1 is 1.18 bits per heavy atom. The first-order valence-electron chi connectivity index (χ1n) is 13.8. The lowest BCUT2D eigenvalue weighted by Gasteiger charge is -2.67. The maximum absolute atomic E-state index is 17.7. The molecule has 0 aromatic heterocycles. The number of aliphatic hydroxyl groups excluding tert-OH is 1. The van der Waals surface area contributed by atoms with Gasteiger partial charge in [-0.2, -0.15) is 0 Å². The minimum absolute atomic E-state index is 0.0458. The quantitative estimate of drug-likeness (QED) is 0.533. The van der Waals surface area contributed by atoms with Gasteiger partial charge in [0.25, 0.3) is 0 Å². The number of carbonyl (C=O) groups is 2. The van der Waals surface area contributed by atoms with Crippen LogP contribution >= 0.6 is 11.8 Å².